The Morgan fingerprint density at radius 3 is 1.82 bits per heavy atom. The first kappa shape index (κ1) is 29.3. The molecule has 38 heavy (non-hydrogen) atoms. The van der Waals surface area contributed by atoms with Crippen LogP contribution in [0.15, 0.2) is 11.1 Å². The molecule has 0 bridgehead atoms. The largest absolute Gasteiger partial charge is 0.413 e. The second-order valence-electron chi connectivity index (χ2n) is 18.0. The highest BCUT2D eigenvalue weighted by molar-refractivity contribution is 6.74. The van der Waals surface area contributed by atoms with Crippen molar-refractivity contribution < 1.29 is 13.6 Å². The third-order valence-electron chi connectivity index (χ3n) is 13.7. The van der Waals surface area contributed by atoms with E-state index < -0.39 is 16.6 Å². The Balaban J connectivity index is 1.59. The Kier molecular flexibility index (Phi) is 6.31. The normalized spacial score (nSPS) is 40.9. The summed E-state index contributed by atoms with van der Waals surface area (Å²) in [7, 11) is -3.85. The lowest BCUT2D eigenvalue weighted by atomic mass is 9.45. The van der Waals surface area contributed by atoms with Crippen molar-refractivity contribution >= 4 is 22.4 Å². The van der Waals surface area contributed by atoms with E-state index in [-0.39, 0.29) is 37.8 Å². The van der Waals surface area contributed by atoms with Crippen molar-refractivity contribution in [3.63, 3.8) is 0 Å². The van der Waals surface area contributed by atoms with Crippen LogP contribution in [-0.2, 0) is 13.6 Å². The highest BCUT2D eigenvalue weighted by Gasteiger charge is 2.77. The monoisotopic (exact) mass is 558 g/mol. The second kappa shape index (κ2) is 8.19. The van der Waals surface area contributed by atoms with Crippen LogP contribution < -0.4 is 0 Å². The molecule has 0 radical (unpaired) electrons. The van der Waals surface area contributed by atoms with E-state index in [2.05, 4.69) is 88.5 Å². The molecule has 3 fully saturated rings. The number of hydrogen-bond donors (Lipinski definition) is 0. The molecule has 0 N–H and O–H groups in total. The Morgan fingerprint density at radius 2 is 1.26 bits per heavy atom. The van der Waals surface area contributed by atoms with E-state index in [0.717, 1.165) is 32.1 Å². The molecule has 5 rings (SSSR count). The van der Waals surface area contributed by atoms with Gasteiger partial charge in [0.05, 0.1) is 12.2 Å². The summed E-state index contributed by atoms with van der Waals surface area (Å²) in [6.45, 7) is 31.4. The lowest BCUT2D eigenvalue weighted by molar-refractivity contribution is -0.143. The molecule has 3 nitrogen and oxygen atoms in total. The Bertz CT molecular complexity index is 1060. The Labute approximate surface area is 236 Å². The number of hydrogen-bond acceptors (Lipinski definition) is 3. The summed E-state index contributed by atoms with van der Waals surface area (Å²) < 4.78 is 14.7. The number of carbonyl (C=O) groups is 1. The van der Waals surface area contributed by atoms with Gasteiger partial charge in [0.1, 0.15) is 0 Å². The quantitative estimate of drug-likeness (QED) is 0.322. The molecule has 0 aromatic carbocycles. The number of Topliss-reactive ketones (excluding diaryl/α,β-unsaturated/α-hetero) is 1. The van der Waals surface area contributed by atoms with Gasteiger partial charge in [-0.1, -0.05) is 62.3 Å². The standard InChI is InChI=1S/C33H58O3Si2/c1-28(2,3)37(10,11)35-25-16-18-32-20-22-23(34)21-31(9)17-15-26(36-38(12,13)29(4,5)6)33(32,27(22)31)19-14-24(32)30(25,7)8/h24-26H,14-21H2,1-13H3/t24-,25-,26+,31-,32+,33-/m0/s1. The second-order valence-corrected chi connectivity index (χ2v) is 27.6. The van der Waals surface area contributed by atoms with Gasteiger partial charge < -0.3 is 8.85 Å². The van der Waals surface area contributed by atoms with Gasteiger partial charge in [0.15, 0.2) is 22.4 Å². The molecule has 6 atom stereocenters. The van der Waals surface area contributed by atoms with Crippen LogP contribution in [0.3, 0.4) is 0 Å². The van der Waals surface area contributed by atoms with Crippen molar-refractivity contribution in [2.45, 2.75) is 162 Å². The fraction of sp³-hybridized carbons (Fsp3) is 0.909. The van der Waals surface area contributed by atoms with Gasteiger partial charge in [0, 0.05) is 11.8 Å². The topological polar surface area (TPSA) is 35.5 Å². The molecule has 5 aliphatic rings. The maximum atomic E-state index is 13.7. The van der Waals surface area contributed by atoms with Crippen LogP contribution in [0.25, 0.3) is 0 Å². The minimum atomic E-state index is -1.97. The highest BCUT2D eigenvalue weighted by Crippen LogP contribution is 2.81. The molecule has 2 spiro atoms. The number of allylic oxidation sites excluding steroid dienone is 1. The molecule has 3 saturated carbocycles. The summed E-state index contributed by atoms with van der Waals surface area (Å²) >= 11 is 0. The van der Waals surface area contributed by atoms with E-state index in [9.17, 15) is 4.79 Å². The average Bonchev–Trinajstić information content (AvgIpc) is 3.30. The molecule has 0 aromatic heterocycles. The van der Waals surface area contributed by atoms with E-state index in [1.54, 1.807) is 5.57 Å². The van der Waals surface area contributed by atoms with Gasteiger partial charge in [-0.2, -0.15) is 0 Å². The Morgan fingerprint density at radius 1 is 0.737 bits per heavy atom. The molecule has 0 saturated heterocycles. The van der Waals surface area contributed by atoms with Crippen molar-refractivity contribution in [3.8, 4) is 0 Å². The van der Waals surface area contributed by atoms with Crippen molar-refractivity contribution in [1.29, 1.82) is 0 Å². The number of ketones is 1. The minimum absolute atomic E-state index is 0.0426. The highest BCUT2D eigenvalue weighted by atomic mass is 28.4. The van der Waals surface area contributed by atoms with Crippen LogP contribution in [-0.4, -0.2) is 34.6 Å². The molecular weight excluding hydrogens is 501 g/mol. The van der Waals surface area contributed by atoms with Crippen LogP contribution in [0, 0.1) is 27.6 Å². The first-order chi connectivity index (χ1) is 17.1. The predicted octanol–water partition coefficient (Wildman–Crippen LogP) is 9.44. The van der Waals surface area contributed by atoms with E-state index in [1.165, 1.54) is 24.8 Å². The van der Waals surface area contributed by atoms with Crippen LogP contribution >= 0.6 is 0 Å². The summed E-state index contributed by atoms with van der Waals surface area (Å²) in [5.74, 6) is 1.04. The molecule has 0 heterocycles. The molecular formula is C33H58O3Si2. The number of carbonyl (C=O) groups excluding carboxylic acids is 1. The van der Waals surface area contributed by atoms with Crippen LogP contribution in [0.1, 0.15) is 114 Å². The zero-order valence-corrected chi connectivity index (χ0v) is 29.1. The molecule has 0 aromatic rings. The zero-order valence-electron chi connectivity index (χ0n) is 27.1. The Hall–Kier alpha value is -0.236. The molecule has 216 valence electrons. The van der Waals surface area contributed by atoms with Crippen molar-refractivity contribution in [1.82, 2.24) is 0 Å². The van der Waals surface area contributed by atoms with Crippen molar-refractivity contribution in [3.05, 3.63) is 11.1 Å². The maximum absolute atomic E-state index is 13.7. The van der Waals surface area contributed by atoms with Gasteiger partial charge in [-0.3, -0.25) is 4.79 Å². The summed E-state index contributed by atoms with van der Waals surface area (Å²) in [6.07, 6.45) is 9.30. The first-order valence-electron chi connectivity index (χ1n) is 15.7. The summed E-state index contributed by atoms with van der Waals surface area (Å²) in [5, 5.41) is 0.399. The molecule has 0 amide bonds. The van der Waals surface area contributed by atoms with Crippen molar-refractivity contribution in [2.75, 3.05) is 0 Å². The lowest BCUT2D eigenvalue weighted by Crippen LogP contribution is -2.62. The smallest absolute Gasteiger partial charge is 0.192 e. The summed E-state index contributed by atoms with van der Waals surface area (Å²) in [5.41, 5.74) is 3.18. The number of rotatable bonds is 4. The van der Waals surface area contributed by atoms with Crippen molar-refractivity contribution in [2.24, 2.45) is 27.6 Å². The molecule has 5 heteroatoms. The lowest BCUT2D eigenvalue weighted by Gasteiger charge is -2.63. The van der Waals surface area contributed by atoms with Crippen LogP contribution in [0.5, 0.6) is 0 Å². The minimum Gasteiger partial charge on any atom is -0.413 e. The van der Waals surface area contributed by atoms with Gasteiger partial charge in [-0.25, -0.2) is 0 Å². The molecule has 5 aliphatic carbocycles. The van der Waals surface area contributed by atoms with Gasteiger partial charge in [-0.15, -0.1) is 0 Å². The molecule has 0 unspecified atom stereocenters. The van der Waals surface area contributed by atoms with Gasteiger partial charge in [0.2, 0.25) is 0 Å². The third-order valence-corrected chi connectivity index (χ3v) is 22.7. The van der Waals surface area contributed by atoms with E-state index in [1.807, 2.05) is 0 Å². The fourth-order valence-corrected chi connectivity index (χ4v) is 12.6. The first-order valence-corrected chi connectivity index (χ1v) is 21.5. The summed E-state index contributed by atoms with van der Waals surface area (Å²) in [4.78, 5) is 13.7. The van der Waals surface area contributed by atoms with Gasteiger partial charge >= 0.3 is 0 Å². The maximum Gasteiger partial charge on any atom is 0.192 e. The SMILES string of the molecule is CC1(C)[C@@H](O[Si](C)(C)C(C)(C)C)CC[C@]23CC4=C5[C@@](C)(CC[C@@H](O[Si](C)(C)C(C)(C)C)[C@@]52CC[C@@H]13)CC4=O. The summed E-state index contributed by atoms with van der Waals surface area (Å²) in [6, 6.07) is 0. The average molecular weight is 559 g/mol. The predicted molar refractivity (Wildman–Crippen MR) is 163 cm³/mol. The zero-order chi connectivity index (χ0) is 28.5. The van der Waals surface area contributed by atoms with Gasteiger partial charge in [-0.05, 0) is 115 Å². The van der Waals surface area contributed by atoms with E-state index >= 15 is 0 Å². The van der Waals surface area contributed by atoms with Gasteiger partial charge in [0.25, 0.3) is 0 Å². The van der Waals surface area contributed by atoms with Crippen LogP contribution in [0.2, 0.25) is 36.3 Å². The fourth-order valence-electron chi connectivity index (χ4n) is 9.77. The third kappa shape index (κ3) is 3.65. The van der Waals surface area contributed by atoms with E-state index in [0.29, 0.717) is 17.8 Å². The van der Waals surface area contributed by atoms with Crippen LogP contribution in [0.4, 0.5) is 0 Å². The van der Waals surface area contributed by atoms with E-state index in [4.69, 9.17) is 8.85 Å². The molecule has 0 aliphatic heterocycles.